The lowest BCUT2D eigenvalue weighted by molar-refractivity contribution is 0.109. The fourth-order valence-electron chi connectivity index (χ4n) is 2.14. The van der Waals surface area contributed by atoms with Gasteiger partial charge in [0.2, 0.25) is 0 Å². The van der Waals surface area contributed by atoms with E-state index in [1.54, 1.807) is 13.2 Å². The Bertz CT molecular complexity index is 415. The molecule has 0 spiro atoms. The first-order valence-corrected chi connectivity index (χ1v) is 6.39. The molecule has 0 N–H and O–H groups in total. The Labute approximate surface area is 113 Å². The zero-order chi connectivity index (χ0) is 13.1. The molecule has 2 heterocycles. The lowest BCUT2D eigenvalue weighted by Crippen LogP contribution is -2.45. The van der Waals surface area contributed by atoms with Gasteiger partial charge in [-0.15, -0.1) is 0 Å². The first-order valence-electron chi connectivity index (χ1n) is 6.01. The van der Waals surface area contributed by atoms with Crippen LogP contribution in [-0.4, -0.2) is 60.6 Å². The third kappa shape index (κ3) is 3.17. The molecule has 0 amide bonds. The highest BCUT2D eigenvalue weighted by Gasteiger charge is 2.26. The van der Waals surface area contributed by atoms with Crippen LogP contribution >= 0.6 is 11.6 Å². The second-order valence-electron chi connectivity index (χ2n) is 4.73. The summed E-state index contributed by atoms with van der Waals surface area (Å²) in [6.45, 7) is 3.46. The molecule has 0 bridgehead atoms. The van der Waals surface area contributed by atoms with Gasteiger partial charge in [-0.1, -0.05) is 11.6 Å². The average Bonchev–Trinajstić information content (AvgIpc) is 2.32. The van der Waals surface area contributed by atoms with Gasteiger partial charge in [0.1, 0.15) is 11.0 Å². The molecule has 1 unspecified atom stereocenters. The maximum absolute atomic E-state index is 6.05. The molecular formula is C12H19ClN4O. The van der Waals surface area contributed by atoms with E-state index in [1.165, 1.54) is 0 Å². The zero-order valence-electron chi connectivity index (χ0n) is 11.1. The summed E-state index contributed by atoms with van der Waals surface area (Å²) in [6.07, 6.45) is 0. The molecule has 1 fully saturated rings. The number of likely N-dealkylation sites (N-methyl/N-ethyl adjacent to an activating group) is 2. The lowest BCUT2D eigenvalue weighted by atomic mass is 10.1. The number of halogens is 1. The minimum atomic E-state index is 0.193. The van der Waals surface area contributed by atoms with Crippen LogP contribution in [0.2, 0.25) is 5.15 Å². The normalized spacial score (nSPS) is 22.3. The summed E-state index contributed by atoms with van der Waals surface area (Å²) in [5.41, 5.74) is 0.828. The number of hydrogen-bond acceptors (Lipinski definition) is 5. The quantitative estimate of drug-likeness (QED) is 0.772. The Kier molecular flexibility index (Phi) is 4.50. The summed E-state index contributed by atoms with van der Waals surface area (Å²) >= 11 is 6.05. The summed E-state index contributed by atoms with van der Waals surface area (Å²) in [7, 11) is 5.86. The number of ether oxygens (including phenoxy) is 1. The maximum Gasteiger partial charge on any atom is 0.148 e. The number of methoxy groups -OCH3 is 1. The SMILES string of the molecule is COCc1cc(Cl)nc(C2CN(C)CCN2C)n1. The van der Waals surface area contributed by atoms with Crippen molar-refractivity contribution in [3.8, 4) is 0 Å². The van der Waals surface area contributed by atoms with Crippen molar-refractivity contribution in [3.05, 3.63) is 22.7 Å². The van der Waals surface area contributed by atoms with Crippen LogP contribution in [0.3, 0.4) is 0 Å². The molecule has 0 radical (unpaired) electrons. The van der Waals surface area contributed by atoms with Gasteiger partial charge in [0, 0.05) is 26.7 Å². The van der Waals surface area contributed by atoms with Gasteiger partial charge < -0.3 is 9.64 Å². The minimum Gasteiger partial charge on any atom is -0.378 e. The third-order valence-electron chi connectivity index (χ3n) is 3.21. The van der Waals surface area contributed by atoms with E-state index in [2.05, 4.69) is 33.9 Å². The fourth-order valence-corrected chi connectivity index (χ4v) is 2.36. The standard InChI is InChI=1S/C12H19ClN4O/c1-16-4-5-17(2)10(7-16)12-14-9(8-18-3)6-11(13)15-12/h6,10H,4-5,7-8H2,1-3H3. The van der Waals surface area contributed by atoms with Crippen LogP contribution in [-0.2, 0) is 11.3 Å². The molecule has 0 saturated carbocycles. The number of hydrogen-bond donors (Lipinski definition) is 0. The van der Waals surface area contributed by atoms with Crippen molar-refractivity contribution in [1.29, 1.82) is 0 Å². The number of rotatable bonds is 3. The largest absolute Gasteiger partial charge is 0.378 e. The Balaban J connectivity index is 2.25. The predicted octanol–water partition coefficient (Wildman–Crippen LogP) is 1.19. The highest BCUT2D eigenvalue weighted by molar-refractivity contribution is 6.29. The van der Waals surface area contributed by atoms with Gasteiger partial charge in [-0.3, -0.25) is 4.90 Å². The molecule has 18 heavy (non-hydrogen) atoms. The van der Waals surface area contributed by atoms with Gasteiger partial charge in [-0.25, -0.2) is 9.97 Å². The van der Waals surface area contributed by atoms with Crippen molar-refractivity contribution in [2.75, 3.05) is 40.8 Å². The average molecular weight is 271 g/mol. The monoisotopic (exact) mass is 270 g/mol. The molecule has 2 rings (SSSR count). The van der Waals surface area contributed by atoms with Crippen molar-refractivity contribution in [2.45, 2.75) is 12.6 Å². The predicted molar refractivity (Wildman–Crippen MR) is 70.6 cm³/mol. The van der Waals surface area contributed by atoms with E-state index < -0.39 is 0 Å². The minimum absolute atomic E-state index is 0.193. The van der Waals surface area contributed by atoms with E-state index in [4.69, 9.17) is 16.3 Å². The van der Waals surface area contributed by atoms with Gasteiger partial charge in [0.15, 0.2) is 0 Å². The molecule has 1 saturated heterocycles. The van der Waals surface area contributed by atoms with Crippen LogP contribution in [0.25, 0.3) is 0 Å². The molecule has 1 aromatic rings. The number of aromatic nitrogens is 2. The lowest BCUT2D eigenvalue weighted by Gasteiger charge is -2.36. The molecule has 0 aliphatic carbocycles. The smallest absolute Gasteiger partial charge is 0.148 e. The molecule has 1 atom stereocenters. The van der Waals surface area contributed by atoms with E-state index in [9.17, 15) is 0 Å². The molecule has 1 aromatic heterocycles. The van der Waals surface area contributed by atoms with Crippen molar-refractivity contribution < 1.29 is 4.74 Å². The Morgan fingerprint density at radius 1 is 1.39 bits per heavy atom. The Morgan fingerprint density at radius 2 is 2.17 bits per heavy atom. The van der Waals surface area contributed by atoms with Crippen LogP contribution < -0.4 is 0 Å². The molecule has 5 nitrogen and oxygen atoms in total. The zero-order valence-corrected chi connectivity index (χ0v) is 11.8. The third-order valence-corrected chi connectivity index (χ3v) is 3.40. The Morgan fingerprint density at radius 3 is 2.89 bits per heavy atom. The van der Waals surface area contributed by atoms with Crippen molar-refractivity contribution in [3.63, 3.8) is 0 Å². The van der Waals surface area contributed by atoms with Crippen molar-refractivity contribution in [1.82, 2.24) is 19.8 Å². The highest BCUT2D eigenvalue weighted by Crippen LogP contribution is 2.22. The van der Waals surface area contributed by atoms with Crippen LogP contribution in [0.1, 0.15) is 17.6 Å². The van der Waals surface area contributed by atoms with E-state index in [-0.39, 0.29) is 6.04 Å². The molecule has 1 aliphatic heterocycles. The maximum atomic E-state index is 6.05. The molecule has 0 aromatic carbocycles. The molecular weight excluding hydrogens is 252 g/mol. The number of nitrogens with zero attached hydrogens (tertiary/aromatic N) is 4. The van der Waals surface area contributed by atoms with Crippen LogP contribution in [0.5, 0.6) is 0 Å². The summed E-state index contributed by atoms with van der Waals surface area (Å²) in [4.78, 5) is 13.4. The summed E-state index contributed by atoms with van der Waals surface area (Å²) in [5.74, 6) is 0.781. The fraction of sp³-hybridized carbons (Fsp3) is 0.667. The van der Waals surface area contributed by atoms with Gasteiger partial charge in [-0.2, -0.15) is 0 Å². The van der Waals surface area contributed by atoms with E-state index >= 15 is 0 Å². The first-order chi connectivity index (χ1) is 8.60. The Hall–Kier alpha value is -0.750. The second kappa shape index (κ2) is 5.93. The summed E-state index contributed by atoms with van der Waals surface area (Å²) in [5, 5.41) is 0.480. The van der Waals surface area contributed by atoms with Gasteiger partial charge in [0.25, 0.3) is 0 Å². The van der Waals surface area contributed by atoms with Gasteiger partial charge in [-0.05, 0) is 20.2 Å². The molecule has 1 aliphatic rings. The van der Waals surface area contributed by atoms with E-state index in [1.807, 2.05) is 0 Å². The van der Waals surface area contributed by atoms with Crippen molar-refractivity contribution in [2.24, 2.45) is 0 Å². The second-order valence-corrected chi connectivity index (χ2v) is 5.12. The van der Waals surface area contributed by atoms with E-state index in [0.29, 0.717) is 11.8 Å². The van der Waals surface area contributed by atoms with Crippen LogP contribution in [0.4, 0.5) is 0 Å². The van der Waals surface area contributed by atoms with E-state index in [0.717, 1.165) is 31.2 Å². The summed E-state index contributed by atoms with van der Waals surface area (Å²) in [6, 6.07) is 1.94. The molecule has 100 valence electrons. The van der Waals surface area contributed by atoms with Crippen LogP contribution in [0.15, 0.2) is 6.07 Å². The van der Waals surface area contributed by atoms with Gasteiger partial charge >= 0.3 is 0 Å². The number of piperazine rings is 1. The van der Waals surface area contributed by atoms with Crippen LogP contribution in [0, 0.1) is 0 Å². The highest BCUT2D eigenvalue weighted by atomic mass is 35.5. The molecule has 6 heteroatoms. The summed E-state index contributed by atoms with van der Waals surface area (Å²) < 4.78 is 5.10. The topological polar surface area (TPSA) is 41.5 Å². The van der Waals surface area contributed by atoms with Crippen molar-refractivity contribution >= 4 is 11.6 Å². The van der Waals surface area contributed by atoms with Gasteiger partial charge in [0.05, 0.1) is 18.3 Å². The first kappa shape index (κ1) is 13.7.